The monoisotopic (exact) mass is 471 g/mol. The van der Waals surface area contributed by atoms with Crippen molar-refractivity contribution >= 4 is 51.1 Å². The number of fused-ring (bicyclic) bond motifs is 4. The van der Waals surface area contributed by atoms with E-state index in [0.29, 0.717) is 55.1 Å². The van der Waals surface area contributed by atoms with E-state index in [0.717, 1.165) is 19.4 Å². The Kier molecular flexibility index (Phi) is 4.38. The third-order valence-electron chi connectivity index (χ3n) is 7.20. The van der Waals surface area contributed by atoms with Gasteiger partial charge in [-0.25, -0.2) is 0 Å². The molecule has 2 aliphatic rings. The van der Waals surface area contributed by atoms with Crippen LogP contribution in [-0.4, -0.2) is 42.9 Å². The van der Waals surface area contributed by atoms with Gasteiger partial charge in [-0.1, -0.05) is 35.7 Å². The average Bonchev–Trinajstić information content (AvgIpc) is 3.35. The van der Waals surface area contributed by atoms with Crippen molar-refractivity contribution in [2.24, 2.45) is 25.7 Å². The number of nitrogens with zero attached hydrogens (tertiary/aromatic N) is 5. The maximum Gasteiger partial charge on any atom is 0.264 e. The molecule has 1 saturated carbocycles. The van der Waals surface area contributed by atoms with Crippen molar-refractivity contribution in [2.75, 3.05) is 11.4 Å². The van der Waals surface area contributed by atoms with Gasteiger partial charge in [-0.15, -0.1) is 0 Å². The number of H-pyrrole nitrogens is 1. The van der Waals surface area contributed by atoms with Crippen LogP contribution in [0.15, 0.2) is 23.1 Å². The molecule has 4 heterocycles. The van der Waals surface area contributed by atoms with E-state index in [2.05, 4.69) is 15.0 Å². The SMILES string of the molecule is Cn1nc2ccc(-c3c[nH]c4nc(N5CC6CCCC5[C@@H]6N)n(C)c(=O)c34)c(Cl)c2c1Cl. The van der Waals surface area contributed by atoms with E-state index in [1.165, 1.54) is 6.42 Å². The van der Waals surface area contributed by atoms with Crippen molar-refractivity contribution in [3.8, 4) is 11.1 Å². The smallest absolute Gasteiger partial charge is 0.264 e. The first-order chi connectivity index (χ1) is 15.4. The molecule has 4 aromatic rings. The van der Waals surface area contributed by atoms with Crippen molar-refractivity contribution in [3.05, 3.63) is 38.9 Å². The summed E-state index contributed by atoms with van der Waals surface area (Å²) in [6.45, 7) is 0.840. The number of halogens is 2. The minimum atomic E-state index is -0.121. The molecule has 2 bridgehead atoms. The minimum absolute atomic E-state index is 0.121. The van der Waals surface area contributed by atoms with Crippen LogP contribution >= 0.6 is 23.2 Å². The van der Waals surface area contributed by atoms with Gasteiger partial charge >= 0.3 is 0 Å². The van der Waals surface area contributed by atoms with Gasteiger partial charge in [0.05, 0.1) is 21.3 Å². The summed E-state index contributed by atoms with van der Waals surface area (Å²) < 4.78 is 3.22. The Balaban J connectivity index is 1.53. The quantitative estimate of drug-likeness (QED) is 0.466. The lowest BCUT2D eigenvalue weighted by Gasteiger charge is -2.30. The first kappa shape index (κ1) is 20.1. The van der Waals surface area contributed by atoms with E-state index in [4.69, 9.17) is 33.9 Å². The molecule has 166 valence electrons. The van der Waals surface area contributed by atoms with Gasteiger partial charge < -0.3 is 15.6 Å². The third kappa shape index (κ3) is 2.63. The standard InChI is InChI=1S/C22H23Cl2N7O/c1-29-21(32)15-12(11-6-7-13-16(17(11)23)19(24)30(2)28-13)8-26-20(15)27-22(29)31-9-10-4-3-5-14(31)18(10)25/h6-8,10,14,18,26H,3-5,9,25H2,1-2H3/t10?,14?,18-/m1/s1. The van der Waals surface area contributed by atoms with Gasteiger partial charge in [-0.3, -0.25) is 14.0 Å². The Morgan fingerprint density at radius 1 is 1.16 bits per heavy atom. The van der Waals surface area contributed by atoms with Crippen LogP contribution in [-0.2, 0) is 14.1 Å². The summed E-state index contributed by atoms with van der Waals surface area (Å²) in [4.78, 5) is 23.8. The highest BCUT2D eigenvalue weighted by Gasteiger charge is 2.43. The molecule has 1 aromatic carbocycles. The van der Waals surface area contributed by atoms with Crippen molar-refractivity contribution < 1.29 is 0 Å². The Hall–Kier alpha value is -2.55. The first-order valence-corrected chi connectivity index (χ1v) is 11.5. The summed E-state index contributed by atoms with van der Waals surface area (Å²) in [6.07, 6.45) is 5.12. The van der Waals surface area contributed by atoms with Crippen molar-refractivity contribution in [1.29, 1.82) is 0 Å². The molecule has 1 aliphatic heterocycles. The van der Waals surface area contributed by atoms with E-state index >= 15 is 0 Å². The number of aromatic nitrogens is 5. The van der Waals surface area contributed by atoms with E-state index < -0.39 is 0 Å². The van der Waals surface area contributed by atoms with Crippen molar-refractivity contribution in [2.45, 2.75) is 31.3 Å². The van der Waals surface area contributed by atoms with Crippen LogP contribution in [0.3, 0.4) is 0 Å². The second-order valence-corrected chi connectivity index (χ2v) is 9.66. The third-order valence-corrected chi connectivity index (χ3v) is 8.03. The molecule has 3 aromatic heterocycles. The van der Waals surface area contributed by atoms with Crippen LogP contribution in [0, 0.1) is 5.92 Å². The highest BCUT2D eigenvalue weighted by molar-refractivity contribution is 6.43. The number of aromatic amines is 1. The number of nitrogens with two attached hydrogens (primary N) is 1. The first-order valence-electron chi connectivity index (χ1n) is 10.8. The van der Waals surface area contributed by atoms with Gasteiger partial charge in [0.2, 0.25) is 5.95 Å². The molecule has 10 heteroatoms. The predicted octanol–water partition coefficient (Wildman–Crippen LogP) is 3.44. The van der Waals surface area contributed by atoms with Crippen LogP contribution in [0.4, 0.5) is 5.95 Å². The van der Waals surface area contributed by atoms with Gasteiger partial charge in [0.1, 0.15) is 10.8 Å². The summed E-state index contributed by atoms with van der Waals surface area (Å²) in [5.74, 6) is 1.12. The summed E-state index contributed by atoms with van der Waals surface area (Å²) >= 11 is 13.2. The molecule has 0 radical (unpaired) electrons. The molecule has 2 unspecified atom stereocenters. The number of hydrogen-bond donors (Lipinski definition) is 2. The molecule has 3 atom stereocenters. The zero-order valence-electron chi connectivity index (χ0n) is 17.8. The molecule has 32 heavy (non-hydrogen) atoms. The summed E-state index contributed by atoms with van der Waals surface area (Å²) in [5.41, 5.74) is 9.01. The van der Waals surface area contributed by atoms with E-state index in [9.17, 15) is 4.79 Å². The highest BCUT2D eigenvalue weighted by Crippen LogP contribution is 2.40. The summed E-state index contributed by atoms with van der Waals surface area (Å²) in [5, 5.41) is 6.47. The van der Waals surface area contributed by atoms with Crippen LogP contribution in [0.25, 0.3) is 33.1 Å². The van der Waals surface area contributed by atoms with Crippen LogP contribution in [0.5, 0.6) is 0 Å². The minimum Gasteiger partial charge on any atom is -0.345 e. The largest absolute Gasteiger partial charge is 0.345 e. The van der Waals surface area contributed by atoms with Crippen LogP contribution in [0.1, 0.15) is 19.3 Å². The van der Waals surface area contributed by atoms with E-state index in [1.54, 1.807) is 29.5 Å². The van der Waals surface area contributed by atoms with Crippen molar-refractivity contribution in [3.63, 3.8) is 0 Å². The fourth-order valence-electron chi connectivity index (χ4n) is 5.52. The second kappa shape index (κ2) is 6.97. The molecule has 3 N–H and O–H groups in total. The molecule has 6 rings (SSSR count). The number of nitrogens with one attached hydrogen (secondary N) is 1. The summed E-state index contributed by atoms with van der Waals surface area (Å²) in [7, 11) is 3.54. The Morgan fingerprint density at radius 2 is 1.97 bits per heavy atom. The summed E-state index contributed by atoms with van der Waals surface area (Å²) in [6, 6.07) is 4.08. The zero-order valence-corrected chi connectivity index (χ0v) is 19.3. The molecule has 8 nitrogen and oxygen atoms in total. The van der Waals surface area contributed by atoms with Gasteiger partial charge in [-0.05, 0) is 24.8 Å². The molecule has 0 amide bonds. The predicted molar refractivity (Wildman–Crippen MR) is 128 cm³/mol. The fourth-order valence-corrected chi connectivity index (χ4v) is 6.15. The lowest BCUT2D eigenvalue weighted by atomic mass is 9.86. The van der Waals surface area contributed by atoms with Gasteiger partial charge in [-0.2, -0.15) is 10.1 Å². The molecule has 1 aliphatic carbocycles. The van der Waals surface area contributed by atoms with Gasteiger partial charge in [0.15, 0.2) is 0 Å². The number of hydrogen-bond acceptors (Lipinski definition) is 5. The topological polar surface area (TPSA) is 97.8 Å². The normalized spacial score (nSPS) is 23.0. The van der Waals surface area contributed by atoms with Crippen LogP contribution in [0.2, 0.25) is 10.2 Å². The molecule has 0 spiro atoms. The number of benzene rings is 1. The lowest BCUT2D eigenvalue weighted by Crippen LogP contribution is -2.44. The van der Waals surface area contributed by atoms with E-state index in [1.807, 2.05) is 12.1 Å². The van der Waals surface area contributed by atoms with Crippen molar-refractivity contribution in [1.82, 2.24) is 24.3 Å². The van der Waals surface area contributed by atoms with Gasteiger partial charge in [0, 0.05) is 50.0 Å². The van der Waals surface area contributed by atoms with Gasteiger partial charge in [0.25, 0.3) is 5.56 Å². The Bertz CT molecular complexity index is 1450. The lowest BCUT2D eigenvalue weighted by molar-refractivity contribution is 0.357. The van der Waals surface area contributed by atoms with Crippen LogP contribution < -0.4 is 16.2 Å². The number of anilines is 1. The second-order valence-electron chi connectivity index (χ2n) is 8.93. The molecular formula is C22H23Cl2N7O. The maximum atomic E-state index is 13.5. The molecule has 2 fully saturated rings. The number of rotatable bonds is 2. The maximum absolute atomic E-state index is 13.5. The zero-order chi connectivity index (χ0) is 22.3. The number of aryl methyl sites for hydroxylation is 1. The average molecular weight is 472 g/mol. The fraction of sp³-hybridized carbons (Fsp3) is 0.409. The Labute approximate surface area is 193 Å². The Morgan fingerprint density at radius 3 is 2.75 bits per heavy atom. The van der Waals surface area contributed by atoms with E-state index in [-0.39, 0.29) is 17.6 Å². The molecular weight excluding hydrogens is 449 g/mol. The molecule has 1 saturated heterocycles. The highest BCUT2D eigenvalue weighted by atomic mass is 35.5.